The second kappa shape index (κ2) is 8.06. The summed E-state index contributed by atoms with van der Waals surface area (Å²) in [6, 6.07) is 0.344. The second-order valence-electron chi connectivity index (χ2n) is 6.61. The molecule has 2 N–H and O–H groups in total. The van der Waals surface area contributed by atoms with E-state index < -0.39 is 0 Å². The molecule has 2 heterocycles. The molecule has 1 aliphatic heterocycles. The maximum Gasteiger partial charge on any atom is 0.270 e. The first-order chi connectivity index (χ1) is 10.8. The summed E-state index contributed by atoms with van der Waals surface area (Å²) in [6.45, 7) is 2.13. The standard InChI is InChI=1S/C17H27N3OS/c21-16(19-14-6-4-2-1-3-5-7-14)15-12-22-17(20-15)13-8-10-18-11-9-13/h12-14,18H,1-11H2,(H,19,21). The number of aromatic nitrogens is 1. The third-order valence-electron chi connectivity index (χ3n) is 4.88. The predicted molar refractivity (Wildman–Crippen MR) is 90.5 cm³/mol. The van der Waals surface area contributed by atoms with Crippen LogP contribution in [0, 0.1) is 0 Å². The monoisotopic (exact) mass is 321 g/mol. The van der Waals surface area contributed by atoms with Gasteiger partial charge in [-0.3, -0.25) is 4.79 Å². The average Bonchev–Trinajstić information content (AvgIpc) is 3.01. The number of carbonyl (C=O) groups excluding carboxylic acids is 1. The molecule has 2 fully saturated rings. The van der Waals surface area contributed by atoms with E-state index >= 15 is 0 Å². The van der Waals surface area contributed by atoms with Crippen molar-refractivity contribution < 1.29 is 4.79 Å². The van der Waals surface area contributed by atoms with Gasteiger partial charge in [-0.25, -0.2) is 4.98 Å². The van der Waals surface area contributed by atoms with Crippen LogP contribution in [-0.2, 0) is 0 Å². The normalized spacial score (nSPS) is 22.0. The summed E-state index contributed by atoms with van der Waals surface area (Å²) < 4.78 is 0. The number of nitrogens with zero attached hydrogens (tertiary/aromatic N) is 1. The molecule has 0 radical (unpaired) electrons. The number of thiazole rings is 1. The van der Waals surface area contributed by atoms with Crippen molar-refractivity contribution in [2.75, 3.05) is 13.1 Å². The van der Waals surface area contributed by atoms with Gasteiger partial charge in [0.25, 0.3) is 5.91 Å². The van der Waals surface area contributed by atoms with Gasteiger partial charge in [-0.1, -0.05) is 32.1 Å². The van der Waals surface area contributed by atoms with Gasteiger partial charge in [-0.05, 0) is 38.8 Å². The minimum absolute atomic E-state index is 0.0296. The van der Waals surface area contributed by atoms with Crippen LogP contribution in [0.5, 0.6) is 0 Å². The number of rotatable bonds is 3. The van der Waals surface area contributed by atoms with Crippen LogP contribution in [0.2, 0.25) is 0 Å². The zero-order valence-electron chi connectivity index (χ0n) is 13.3. The molecule has 0 unspecified atom stereocenters. The van der Waals surface area contributed by atoms with Crippen LogP contribution in [0.1, 0.15) is 79.2 Å². The van der Waals surface area contributed by atoms with E-state index in [2.05, 4.69) is 15.6 Å². The fraction of sp³-hybridized carbons (Fsp3) is 0.765. The Hall–Kier alpha value is -0.940. The van der Waals surface area contributed by atoms with E-state index in [0.29, 0.717) is 17.7 Å². The Balaban J connectivity index is 1.56. The predicted octanol–water partition coefficient (Wildman–Crippen LogP) is 3.45. The molecule has 5 heteroatoms. The van der Waals surface area contributed by atoms with Crippen molar-refractivity contribution in [3.63, 3.8) is 0 Å². The Morgan fingerprint density at radius 1 is 1.09 bits per heavy atom. The lowest BCUT2D eigenvalue weighted by Gasteiger charge is -2.21. The van der Waals surface area contributed by atoms with Gasteiger partial charge in [0.05, 0.1) is 5.01 Å². The molecule has 0 aromatic carbocycles. The third-order valence-corrected chi connectivity index (χ3v) is 5.89. The van der Waals surface area contributed by atoms with Gasteiger partial charge in [0.15, 0.2) is 0 Å². The van der Waals surface area contributed by atoms with Crippen LogP contribution in [0.3, 0.4) is 0 Å². The lowest BCUT2D eigenvalue weighted by Crippen LogP contribution is -2.35. The second-order valence-corrected chi connectivity index (χ2v) is 7.50. The van der Waals surface area contributed by atoms with E-state index in [0.717, 1.165) is 43.8 Å². The van der Waals surface area contributed by atoms with Crippen LogP contribution in [0.4, 0.5) is 0 Å². The van der Waals surface area contributed by atoms with E-state index in [1.54, 1.807) is 11.3 Å². The maximum absolute atomic E-state index is 12.4. The van der Waals surface area contributed by atoms with Gasteiger partial charge in [-0.2, -0.15) is 0 Å². The Bertz CT molecular complexity index is 474. The Morgan fingerprint density at radius 3 is 2.50 bits per heavy atom. The van der Waals surface area contributed by atoms with E-state index in [4.69, 9.17) is 0 Å². The van der Waals surface area contributed by atoms with Gasteiger partial charge in [0.1, 0.15) is 5.69 Å². The smallest absolute Gasteiger partial charge is 0.270 e. The molecule has 0 spiro atoms. The quantitative estimate of drug-likeness (QED) is 0.896. The molecule has 1 aromatic heterocycles. The fourth-order valence-electron chi connectivity index (χ4n) is 3.51. The molecule has 1 saturated carbocycles. The lowest BCUT2D eigenvalue weighted by molar-refractivity contribution is 0.0926. The summed E-state index contributed by atoms with van der Waals surface area (Å²) in [4.78, 5) is 17.0. The zero-order valence-corrected chi connectivity index (χ0v) is 14.1. The van der Waals surface area contributed by atoms with Crippen molar-refractivity contribution in [3.8, 4) is 0 Å². The van der Waals surface area contributed by atoms with Crippen molar-refractivity contribution in [2.24, 2.45) is 0 Å². The van der Waals surface area contributed by atoms with Crippen LogP contribution in [0.15, 0.2) is 5.38 Å². The summed E-state index contributed by atoms with van der Waals surface area (Å²) in [7, 11) is 0. The average molecular weight is 321 g/mol. The highest BCUT2D eigenvalue weighted by Crippen LogP contribution is 2.28. The largest absolute Gasteiger partial charge is 0.348 e. The number of nitrogens with one attached hydrogen (secondary N) is 2. The number of hydrogen-bond acceptors (Lipinski definition) is 4. The van der Waals surface area contributed by atoms with Gasteiger partial charge in [0, 0.05) is 17.3 Å². The highest BCUT2D eigenvalue weighted by Gasteiger charge is 2.21. The van der Waals surface area contributed by atoms with Crippen molar-refractivity contribution in [1.82, 2.24) is 15.6 Å². The number of piperidine rings is 1. The van der Waals surface area contributed by atoms with Crippen molar-refractivity contribution in [2.45, 2.75) is 69.7 Å². The van der Waals surface area contributed by atoms with Crippen LogP contribution in [0.25, 0.3) is 0 Å². The molecule has 0 atom stereocenters. The molecule has 4 nitrogen and oxygen atoms in total. The van der Waals surface area contributed by atoms with Gasteiger partial charge >= 0.3 is 0 Å². The summed E-state index contributed by atoms with van der Waals surface area (Å²) in [5.74, 6) is 0.566. The van der Waals surface area contributed by atoms with Crippen molar-refractivity contribution >= 4 is 17.2 Å². The topological polar surface area (TPSA) is 54.0 Å². The van der Waals surface area contributed by atoms with Gasteiger partial charge < -0.3 is 10.6 Å². The molecule has 1 amide bonds. The molecule has 0 bridgehead atoms. The number of hydrogen-bond donors (Lipinski definition) is 2. The minimum atomic E-state index is 0.0296. The molecule has 22 heavy (non-hydrogen) atoms. The summed E-state index contributed by atoms with van der Waals surface area (Å²) >= 11 is 1.65. The van der Waals surface area contributed by atoms with E-state index in [1.165, 1.54) is 32.1 Å². The van der Waals surface area contributed by atoms with E-state index in [1.807, 2.05) is 5.38 Å². The first-order valence-corrected chi connectivity index (χ1v) is 9.68. The number of amides is 1. The van der Waals surface area contributed by atoms with Crippen LogP contribution < -0.4 is 10.6 Å². The molecule has 122 valence electrons. The SMILES string of the molecule is O=C(NC1CCCCCCC1)c1csc(C2CCNCC2)n1. The van der Waals surface area contributed by atoms with Gasteiger partial charge in [-0.15, -0.1) is 11.3 Å². The highest BCUT2D eigenvalue weighted by atomic mass is 32.1. The molecular weight excluding hydrogens is 294 g/mol. The molecule has 3 rings (SSSR count). The molecule has 1 aromatic rings. The van der Waals surface area contributed by atoms with Crippen molar-refractivity contribution in [3.05, 3.63) is 16.1 Å². The highest BCUT2D eigenvalue weighted by molar-refractivity contribution is 7.09. The third kappa shape index (κ3) is 4.29. The zero-order chi connectivity index (χ0) is 15.2. The number of carbonyl (C=O) groups is 1. The molecule has 1 saturated heterocycles. The van der Waals surface area contributed by atoms with E-state index in [9.17, 15) is 4.79 Å². The summed E-state index contributed by atoms with van der Waals surface area (Å²) in [6.07, 6.45) is 11.0. The maximum atomic E-state index is 12.4. The van der Waals surface area contributed by atoms with E-state index in [-0.39, 0.29) is 5.91 Å². The summed E-state index contributed by atoms with van der Waals surface area (Å²) in [5.41, 5.74) is 0.626. The summed E-state index contributed by atoms with van der Waals surface area (Å²) in [5, 5.41) is 9.67. The van der Waals surface area contributed by atoms with Gasteiger partial charge in [0.2, 0.25) is 0 Å². The van der Waals surface area contributed by atoms with Crippen LogP contribution in [-0.4, -0.2) is 30.0 Å². The Kier molecular flexibility index (Phi) is 5.84. The molecule has 1 aliphatic carbocycles. The molecule has 2 aliphatic rings. The minimum Gasteiger partial charge on any atom is -0.348 e. The first kappa shape index (κ1) is 15.9. The lowest BCUT2D eigenvalue weighted by atomic mass is 9.96. The Morgan fingerprint density at radius 2 is 1.77 bits per heavy atom. The van der Waals surface area contributed by atoms with Crippen molar-refractivity contribution in [1.29, 1.82) is 0 Å². The van der Waals surface area contributed by atoms with Crippen LogP contribution >= 0.6 is 11.3 Å². The Labute approximate surface area is 137 Å². The fourth-order valence-corrected chi connectivity index (χ4v) is 4.48. The first-order valence-electron chi connectivity index (χ1n) is 8.80. The molecular formula is C17H27N3OS.